The van der Waals surface area contributed by atoms with Gasteiger partial charge < -0.3 is 10.4 Å². The Bertz CT molecular complexity index is 508. The fraction of sp³-hybridized carbons (Fsp3) is 0.667. The molecule has 2 rings (SSSR count). The van der Waals surface area contributed by atoms with Crippen molar-refractivity contribution in [3.8, 4) is 0 Å². The van der Waals surface area contributed by atoms with Gasteiger partial charge in [0, 0.05) is 6.20 Å². The Labute approximate surface area is 133 Å². The highest BCUT2D eigenvalue weighted by atomic mass is 16.3. The summed E-state index contributed by atoms with van der Waals surface area (Å²) in [7, 11) is 0. The van der Waals surface area contributed by atoms with Crippen LogP contribution in [0.3, 0.4) is 0 Å². The second kappa shape index (κ2) is 7.23. The predicted molar refractivity (Wildman–Crippen MR) is 87.3 cm³/mol. The molecule has 1 amide bonds. The maximum atomic E-state index is 12.4. The summed E-state index contributed by atoms with van der Waals surface area (Å²) in [6.07, 6.45) is 6.60. The molecule has 1 aliphatic carbocycles. The lowest BCUT2D eigenvalue weighted by Gasteiger charge is -2.32. The van der Waals surface area contributed by atoms with E-state index in [1.807, 2.05) is 19.1 Å². The van der Waals surface area contributed by atoms with Crippen LogP contribution in [0.25, 0.3) is 0 Å². The molecule has 1 aliphatic rings. The number of pyridine rings is 1. The van der Waals surface area contributed by atoms with Gasteiger partial charge >= 0.3 is 0 Å². The summed E-state index contributed by atoms with van der Waals surface area (Å²) in [5, 5.41) is 13.6. The summed E-state index contributed by atoms with van der Waals surface area (Å²) in [6.45, 7) is 6.17. The van der Waals surface area contributed by atoms with Crippen LogP contribution in [-0.4, -0.2) is 21.6 Å². The molecule has 0 saturated heterocycles. The van der Waals surface area contributed by atoms with E-state index < -0.39 is 5.60 Å². The molecular formula is C18H28N2O2. The van der Waals surface area contributed by atoms with Crippen molar-refractivity contribution in [2.75, 3.05) is 0 Å². The Morgan fingerprint density at radius 3 is 2.64 bits per heavy atom. The summed E-state index contributed by atoms with van der Waals surface area (Å²) in [4.78, 5) is 16.9. The smallest absolute Gasteiger partial charge is 0.223 e. The third-order valence-corrected chi connectivity index (χ3v) is 4.60. The summed E-state index contributed by atoms with van der Waals surface area (Å²) in [5.41, 5.74) is 1.18. The lowest BCUT2D eigenvalue weighted by atomic mass is 9.82. The minimum absolute atomic E-state index is 0.0758. The van der Waals surface area contributed by atoms with Gasteiger partial charge in [-0.2, -0.15) is 0 Å². The molecule has 0 radical (unpaired) electrons. The van der Waals surface area contributed by atoms with Crippen LogP contribution in [-0.2, 0) is 4.79 Å². The molecule has 1 aromatic heterocycles. The highest BCUT2D eigenvalue weighted by Gasteiger charge is 2.33. The second-order valence-electron chi connectivity index (χ2n) is 6.96. The van der Waals surface area contributed by atoms with Crippen LogP contribution in [0.2, 0.25) is 0 Å². The van der Waals surface area contributed by atoms with Gasteiger partial charge in [-0.15, -0.1) is 0 Å². The first-order chi connectivity index (χ1) is 10.4. The van der Waals surface area contributed by atoms with Crippen LogP contribution >= 0.6 is 0 Å². The fourth-order valence-corrected chi connectivity index (χ4v) is 3.28. The van der Waals surface area contributed by atoms with Gasteiger partial charge in [0.1, 0.15) is 0 Å². The molecule has 1 unspecified atom stereocenters. The van der Waals surface area contributed by atoms with E-state index in [0.29, 0.717) is 0 Å². The number of nitrogens with zero attached hydrogens (tertiary/aromatic N) is 1. The lowest BCUT2D eigenvalue weighted by Crippen LogP contribution is -2.40. The van der Waals surface area contributed by atoms with Crippen molar-refractivity contribution in [3.63, 3.8) is 0 Å². The van der Waals surface area contributed by atoms with Gasteiger partial charge in [0.25, 0.3) is 0 Å². The lowest BCUT2D eigenvalue weighted by molar-refractivity contribution is -0.128. The van der Waals surface area contributed by atoms with E-state index in [0.717, 1.165) is 43.4 Å². The predicted octanol–water partition coefficient (Wildman–Crippen LogP) is 3.29. The molecule has 22 heavy (non-hydrogen) atoms. The van der Waals surface area contributed by atoms with E-state index in [1.165, 1.54) is 0 Å². The number of amides is 1. The molecule has 1 atom stereocenters. The molecule has 122 valence electrons. The standard InChI is InChI=1S/C18H28N2O2/c1-13(2)16(17-14(3)8-7-11-19-17)20-15(21)12-18(22)9-5-4-6-10-18/h7-8,11,13,16,22H,4-6,9-10,12H2,1-3H3,(H,20,21). The molecule has 1 fully saturated rings. The molecular weight excluding hydrogens is 276 g/mol. The fourth-order valence-electron chi connectivity index (χ4n) is 3.28. The number of aliphatic hydroxyl groups is 1. The molecule has 1 saturated carbocycles. The maximum absolute atomic E-state index is 12.4. The summed E-state index contributed by atoms with van der Waals surface area (Å²) in [5.74, 6) is 0.173. The summed E-state index contributed by atoms with van der Waals surface area (Å²) in [6, 6.07) is 3.81. The van der Waals surface area contributed by atoms with Crippen LogP contribution in [0, 0.1) is 12.8 Å². The number of aryl methyl sites for hydroxylation is 1. The van der Waals surface area contributed by atoms with Gasteiger partial charge in [0.15, 0.2) is 0 Å². The molecule has 4 nitrogen and oxygen atoms in total. The van der Waals surface area contributed by atoms with E-state index in [9.17, 15) is 9.90 Å². The third-order valence-electron chi connectivity index (χ3n) is 4.60. The Morgan fingerprint density at radius 1 is 1.36 bits per heavy atom. The van der Waals surface area contributed by atoms with E-state index in [2.05, 4.69) is 24.1 Å². The van der Waals surface area contributed by atoms with E-state index >= 15 is 0 Å². The molecule has 2 N–H and O–H groups in total. The number of hydrogen-bond acceptors (Lipinski definition) is 3. The molecule has 0 bridgehead atoms. The van der Waals surface area contributed by atoms with Gasteiger partial charge in [0.05, 0.1) is 23.8 Å². The molecule has 0 aromatic carbocycles. The summed E-state index contributed by atoms with van der Waals surface area (Å²) >= 11 is 0. The number of nitrogens with one attached hydrogen (secondary N) is 1. The average molecular weight is 304 g/mol. The molecule has 1 aromatic rings. The van der Waals surface area contributed by atoms with Crippen molar-refractivity contribution in [1.82, 2.24) is 10.3 Å². The largest absolute Gasteiger partial charge is 0.389 e. The Balaban J connectivity index is 2.05. The van der Waals surface area contributed by atoms with Crippen LogP contribution in [0.4, 0.5) is 0 Å². The zero-order chi connectivity index (χ0) is 16.2. The first-order valence-electron chi connectivity index (χ1n) is 8.34. The minimum Gasteiger partial charge on any atom is -0.389 e. The molecule has 4 heteroatoms. The van der Waals surface area contributed by atoms with Crippen molar-refractivity contribution in [1.29, 1.82) is 0 Å². The van der Waals surface area contributed by atoms with Crippen molar-refractivity contribution in [2.24, 2.45) is 5.92 Å². The van der Waals surface area contributed by atoms with Crippen molar-refractivity contribution in [2.45, 2.75) is 70.9 Å². The average Bonchev–Trinajstić information content (AvgIpc) is 2.45. The molecule has 1 heterocycles. The van der Waals surface area contributed by atoms with Crippen LogP contribution in [0.1, 0.15) is 69.7 Å². The zero-order valence-electron chi connectivity index (χ0n) is 13.9. The maximum Gasteiger partial charge on any atom is 0.223 e. The number of aromatic nitrogens is 1. The highest BCUT2D eigenvalue weighted by Crippen LogP contribution is 2.31. The first kappa shape index (κ1) is 16.9. The highest BCUT2D eigenvalue weighted by molar-refractivity contribution is 5.77. The minimum atomic E-state index is -0.816. The van der Waals surface area contributed by atoms with E-state index in [1.54, 1.807) is 6.20 Å². The summed E-state index contributed by atoms with van der Waals surface area (Å²) < 4.78 is 0. The van der Waals surface area contributed by atoms with Gasteiger partial charge in [0.2, 0.25) is 5.91 Å². The van der Waals surface area contributed by atoms with Gasteiger partial charge in [-0.3, -0.25) is 9.78 Å². The topological polar surface area (TPSA) is 62.2 Å². The van der Waals surface area contributed by atoms with Crippen molar-refractivity contribution >= 4 is 5.91 Å². The van der Waals surface area contributed by atoms with Crippen molar-refractivity contribution < 1.29 is 9.90 Å². The van der Waals surface area contributed by atoms with Crippen LogP contribution in [0.5, 0.6) is 0 Å². The second-order valence-corrected chi connectivity index (χ2v) is 6.96. The Hall–Kier alpha value is -1.42. The van der Waals surface area contributed by atoms with Gasteiger partial charge in [-0.05, 0) is 37.3 Å². The first-order valence-corrected chi connectivity index (χ1v) is 8.34. The van der Waals surface area contributed by atoms with Gasteiger partial charge in [-0.25, -0.2) is 0 Å². The molecule has 0 spiro atoms. The number of carbonyl (C=O) groups is 1. The number of carbonyl (C=O) groups excluding carboxylic acids is 1. The van der Waals surface area contributed by atoms with Crippen LogP contribution in [0.15, 0.2) is 18.3 Å². The van der Waals surface area contributed by atoms with E-state index in [4.69, 9.17) is 0 Å². The molecule has 0 aliphatic heterocycles. The Kier molecular flexibility index (Phi) is 5.57. The van der Waals surface area contributed by atoms with Crippen molar-refractivity contribution in [3.05, 3.63) is 29.6 Å². The number of rotatable bonds is 5. The van der Waals surface area contributed by atoms with E-state index in [-0.39, 0.29) is 24.3 Å². The third kappa shape index (κ3) is 4.29. The monoisotopic (exact) mass is 304 g/mol. The SMILES string of the molecule is Cc1cccnc1C(NC(=O)CC1(O)CCCCC1)C(C)C. The quantitative estimate of drug-likeness (QED) is 0.877. The van der Waals surface area contributed by atoms with Gasteiger partial charge in [-0.1, -0.05) is 39.2 Å². The Morgan fingerprint density at radius 2 is 2.05 bits per heavy atom. The zero-order valence-corrected chi connectivity index (χ0v) is 13.9. The number of hydrogen-bond donors (Lipinski definition) is 2. The normalized spacial score (nSPS) is 19.0. The van der Waals surface area contributed by atoms with Crippen LogP contribution < -0.4 is 5.32 Å².